The Bertz CT molecular complexity index is 363. The summed E-state index contributed by atoms with van der Waals surface area (Å²) < 4.78 is 11.2. The number of nitrogens with one attached hydrogen (secondary N) is 2. The normalized spacial score (nSPS) is 18.5. The molecule has 142 valence electrons. The number of hydrogen-bond acceptors (Lipinski definition) is 4. The summed E-state index contributed by atoms with van der Waals surface area (Å²) in [5, 5.41) is 17.4. The van der Waals surface area contributed by atoms with Crippen LogP contribution in [0, 0.1) is 0 Å². The first-order valence-corrected chi connectivity index (χ1v) is 9.40. The van der Waals surface area contributed by atoms with Crippen LogP contribution in [0.15, 0.2) is 4.99 Å². The van der Waals surface area contributed by atoms with E-state index in [1.165, 1.54) is 0 Å². The molecular weight excluding hydrogens is 306 g/mol. The second-order valence-electron chi connectivity index (χ2n) is 6.77. The van der Waals surface area contributed by atoms with Crippen LogP contribution in [0.4, 0.5) is 0 Å². The lowest BCUT2D eigenvalue weighted by molar-refractivity contribution is -0.0855. The topological polar surface area (TPSA) is 75.1 Å². The molecule has 24 heavy (non-hydrogen) atoms. The number of ether oxygens (including phenoxy) is 2. The summed E-state index contributed by atoms with van der Waals surface area (Å²) in [5.41, 5.74) is -0.902. The number of aliphatic imine (C=N–C) groups is 1. The molecule has 0 aromatic heterocycles. The van der Waals surface area contributed by atoms with Gasteiger partial charge in [0, 0.05) is 46.3 Å². The number of guanidine groups is 1. The molecule has 3 N–H and O–H groups in total. The van der Waals surface area contributed by atoms with Crippen LogP contribution in [-0.2, 0) is 9.47 Å². The Balaban J connectivity index is 2.67. The molecule has 1 aliphatic rings. The highest BCUT2D eigenvalue weighted by Gasteiger charge is 2.32. The van der Waals surface area contributed by atoms with Crippen molar-refractivity contribution in [1.29, 1.82) is 0 Å². The number of nitrogens with zero attached hydrogens (tertiary/aromatic N) is 1. The Morgan fingerprint density at radius 1 is 1.17 bits per heavy atom. The first kappa shape index (κ1) is 21.2. The summed E-state index contributed by atoms with van der Waals surface area (Å²) in [6.07, 6.45) is 5.24. The van der Waals surface area contributed by atoms with Crippen LogP contribution in [0.5, 0.6) is 0 Å². The molecule has 6 heteroatoms. The van der Waals surface area contributed by atoms with Crippen molar-refractivity contribution >= 4 is 5.96 Å². The fourth-order valence-electron chi connectivity index (χ4n) is 3.22. The van der Waals surface area contributed by atoms with Crippen molar-refractivity contribution in [2.45, 2.75) is 70.5 Å². The summed E-state index contributed by atoms with van der Waals surface area (Å²) in [7, 11) is 1.76. The third-order valence-electron chi connectivity index (χ3n) is 4.72. The van der Waals surface area contributed by atoms with Gasteiger partial charge in [0.1, 0.15) is 0 Å². The van der Waals surface area contributed by atoms with Crippen LogP contribution < -0.4 is 10.6 Å². The predicted octanol–water partition coefficient (Wildman–Crippen LogP) is 2.07. The first-order valence-electron chi connectivity index (χ1n) is 9.40. The smallest absolute Gasteiger partial charge is 0.191 e. The number of hydrogen-bond donors (Lipinski definition) is 3. The Kier molecular flexibility index (Phi) is 9.63. The zero-order valence-electron chi connectivity index (χ0n) is 16.0. The van der Waals surface area contributed by atoms with Gasteiger partial charge in [-0.1, -0.05) is 26.7 Å². The molecule has 0 aliphatic carbocycles. The van der Waals surface area contributed by atoms with Crippen molar-refractivity contribution in [3.8, 4) is 0 Å². The van der Waals surface area contributed by atoms with E-state index in [0.29, 0.717) is 13.1 Å². The minimum Gasteiger partial charge on any atom is -0.388 e. The van der Waals surface area contributed by atoms with E-state index in [2.05, 4.69) is 29.5 Å². The SMILES string of the molecule is CCCC(O)(CCC)CN=C(NCC)NCC1(OC)CCOCC1. The molecule has 0 amide bonds. The van der Waals surface area contributed by atoms with Crippen LogP contribution in [0.25, 0.3) is 0 Å². The first-order chi connectivity index (χ1) is 11.5. The molecular formula is C18H37N3O3. The molecule has 0 atom stereocenters. The van der Waals surface area contributed by atoms with E-state index in [1.807, 2.05) is 6.92 Å². The van der Waals surface area contributed by atoms with Crippen LogP contribution >= 0.6 is 0 Å². The third-order valence-corrected chi connectivity index (χ3v) is 4.72. The van der Waals surface area contributed by atoms with E-state index in [1.54, 1.807) is 7.11 Å². The molecule has 1 rings (SSSR count). The Morgan fingerprint density at radius 2 is 1.79 bits per heavy atom. The maximum Gasteiger partial charge on any atom is 0.191 e. The van der Waals surface area contributed by atoms with Crippen molar-refractivity contribution < 1.29 is 14.6 Å². The van der Waals surface area contributed by atoms with Gasteiger partial charge in [0.2, 0.25) is 0 Å². The average Bonchev–Trinajstić information content (AvgIpc) is 2.59. The predicted molar refractivity (Wildman–Crippen MR) is 98.5 cm³/mol. The lowest BCUT2D eigenvalue weighted by Crippen LogP contribution is -2.51. The van der Waals surface area contributed by atoms with Gasteiger partial charge in [-0.2, -0.15) is 0 Å². The van der Waals surface area contributed by atoms with Gasteiger partial charge in [-0.05, 0) is 19.8 Å². The molecule has 0 saturated carbocycles. The van der Waals surface area contributed by atoms with E-state index in [9.17, 15) is 5.11 Å². The summed E-state index contributed by atoms with van der Waals surface area (Å²) in [6, 6.07) is 0. The molecule has 0 spiro atoms. The highest BCUT2D eigenvalue weighted by atomic mass is 16.5. The Morgan fingerprint density at radius 3 is 2.29 bits per heavy atom. The van der Waals surface area contributed by atoms with Gasteiger partial charge in [-0.3, -0.25) is 4.99 Å². The van der Waals surface area contributed by atoms with Crippen LogP contribution in [0.2, 0.25) is 0 Å². The maximum atomic E-state index is 10.7. The number of rotatable bonds is 10. The van der Waals surface area contributed by atoms with E-state index in [-0.39, 0.29) is 5.60 Å². The van der Waals surface area contributed by atoms with E-state index < -0.39 is 5.60 Å². The van der Waals surface area contributed by atoms with Gasteiger partial charge in [0.15, 0.2) is 5.96 Å². The van der Waals surface area contributed by atoms with Gasteiger partial charge < -0.3 is 25.2 Å². The van der Waals surface area contributed by atoms with Crippen molar-refractivity contribution in [1.82, 2.24) is 10.6 Å². The summed E-state index contributed by atoms with van der Waals surface area (Å²) in [6.45, 7) is 9.61. The Hall–Kier alpha value is -0.850. The highest BCUT2D eigenvalue weighted by Crippen LogP contribution is 2.23. The molecule has 0 radical (unpaired) electrons. The van der Waals surface area contributed by atoms with Crippen molar-refractivity contribution in [2.24, 2.45) is 4.99 Å². The standard InChI is InChI=1S/C18H37N3O3/c1-5-8-17(22,9-6-2)14-20-16(19-7-3)21-15-18(23-4)10-12-24-13-11-18/h22H,5-15H2,1-4H3,(H2,19,20,21). The van der Waals surface area contributed by atoms with Crippen molar-refractivity contribution in [3.05, 3.63) is 0 Å². The average molecular weight is 344 g/mol. The zero-order chi connectivity index (χ0) is 17.9. The van der Waals surface area contributed by atoms with Crippen LogP contribution in [0.1, 0.15) is 59.3 Å². The van der Waals surface area contributed by atoms with Crippen LogP contribution in [0.3, 0.4) is 0 Å². The van der Waals surface area contributed by atoms with Gasteiger partial charge in [0.25, 0.3) is 0 Å². The summed E-state index contributed by atoms with van der Waals surface area (Å²) in [5.74, 6) is 0.742. The fraction of sp³-hybridized carbons (Fsp3) is 0.944. The van der Waals surface area contributed by atoms with E-state index in [4.69, 9.17) is 9.47 Å². The molecule has 0 unspecified atom stereocenters. The maximum absolute atomic E-state index is 10.7. The summed E-state index contributed by atoms with van der Waals surface area (Å²) in [4.78, 5) is 4.63. The largest absolute Gasteiger partial charge is 0.388 e. The third kappa shape index (κ3) is 6.95. The molecule has 6 nitrogen and oxygen atoms in total. The van der Waals surface area contributed by atoms with Gasteiger partial charge >= 0.3 is 0 Å². The molecule has 1 fully saturated rings. The Labute approximate surface area is 147 Å². The number of methoxy groups -OCH3 is 1. The van der Waals surface area contributed by atoms with Gasteiger partial charge in [-0.15, -0.1) is 0 Å². The van der Waals surface area contributed by atoms with Crippen LogP contribution in [-0.4, -0.2) is 62.2 Å². The molecule has 0 aromatic carbocycles. The monoisotopic (exact) mass is 343 g/mol. The minimum atomic E-state index is -0.705. The molecule has 1 heterocycles. The van der Waals surface area contributed by atoms with Crippen molar-refractivity contribution in [3.63, 3.8) is 0 Å². The molecule has 1 saturated heterocycles. The molecule has 0 bridgehead atoms. The second-order valence-corrected chi connectivity index (χ2v) is 6.77. The summed E-state index contributed by atoms with van der Waals surface area (Å²) >= 11 is 0. The lowest BCUT2D eigenvalue weighted by atomic mass is 9.93. The molecule has 1 aliphatic heterocycles. The second kappa shape index (κ2) is 10.9. The fourth-order valence-corrected chi connectivity index (χ4v) is 3.22. The van der Waals surface area contributed by atoms with Gasteiger partial charge in [0.05, 0.1) is 17.7 Å². The quantitative estimate of drug-likeness (QED) is 0.418. The van der Waals surface area contributed by atoms with Crippen molar-refractivity contribution in [2.75, 3.05) is 40.0 Å². The van der Waals surface area contributed by atoms with Gasteiger partial charge in [-0.25, -0.2) is 0 Å². The van der Waals surface area contributed by atoms with E-state index >= 15 is 0 Å². The lowest BCUT2D eigenvalue weighted by Gasteiger charge is -2.36. The molecule has 0 aromatic rings. The highest BCUT2D eigenvalue weighted by molar-refractivity contribution is 5.79. The zero-order valence-corrected chi connectivity index (χ0v) is 16.0. The van der Waals surface area contributed by atoms with E-state index in [0.717, 1.165) is 64.2 Å². The number of aliphatic hydroxyl groups is 1. The minimum absolute atomic E-state index is 0.197.